The Morgan fingerprint density at radius 1 is 0.607 bits per heavy atom. The molecule has 0 atom stereocenters. The van der Waals surface area contributed by atoms with Crippen molar-refractivity contribution >= 4 is 41.1 Å². The Hall–Kier alpha value is -6.75. The molecule has 0 bridgehead atoms. The zero-order valence-electron chi connectivity index (χ0n) is 36.2. The van der Waals surface area contributed by atoms with Gasteiger partial charge in [-0.05, 0) is 92.4 Å². The Labute approximate surface area is 355 Å². The molecule has 0 radical (unpaired) electrons. The van der Waals surface area contributed by atoms with Gasteiger partial charge in [-0.15, -0.1) is 0 Å². The second-order valence-electron chi connectivity index (χ2n) is 17.5. The van der Waals surface area contributed by atoms with Crippen LogP contribution in [0.1, 0.15) is 115 Å². The summed E-state index contributed by atoms with van der Waals surface area (Å²) in [4.78, 5) is 65.1. The number of fused-ring (bicyclic) bond motifs is 6. The van der Waals surface area contributed by atoms with Crippen LogP contribution < -0.4 is 24.8 Å². The van der Waals surface area contributed by atoms with Crippen molar-refractivity contribution in [2.75, 3.05) is 10.6 Å². The Morgan fingerprint density at radius 3 is 1.49 bits per heavy atom. The molecule has 2 heterocycles. The fourth-order valence-electron chi connectivity index (χ4n) is 9.28. The molecule has 314 valence electrons. The molecule has 5 aromatic carbocycles. The Kier molecular flexibility index (Phi) is 10.9. The maximum absolute atomic E-state index is 13.8. The lowest BCUT2D eigenvalue weighted by molar-refractivity contribution is -0.133. The maximum Gasteiger partial charge on any atom is 0.340 e. The number of hydrogen-bond donors (Lipinski definition) is 2. The highest BCUT2D eigenvalue weighted by molar-refractivity contribution is 5.98. The number of anilines is 2. The fourth-order valence-corrected chi connectivity index (χ4v) is 9.28. The number of ether oxygens (including phenoxy) is 4. The highest BCUT2D eigenvalue weighted by atomic mass is 16.6. The van der Waals surface area contributed by atoms with Crippen LogP contribution in [0.25, 0.3) is 0 Å². The third kappa shape index (κ3) is 8.12. The first kappa shape index (κ1) is 42.4. The van der Waals surface area contributed by atoms with Crippen molar-refractivity contribution < 1.29 is 42.9 Å². The SMILES string of the molecule is CC(=O)Oc1cc(C)cc(C)c1C(C)(C)CC(=O)Nc1ccc2c(c1)Oc1cc(NC(=O)CC(C)(C)c3c(C)cc(C)cc3OC(C)=O)ccc1C21OC(=O)c2ccccc21. The standard InChI is InChI=1S/C50H50N2O9/c1-27-19-29(3)45(41(21-27)58-31(5)53)48(7,8)25-43(55)51-33-15-17-37-39(23-33)60-40-24-34(16-18-38(40)50(37)36-14-12-11-13-35(36)47(57)61-50)52-44(56)26-49(9,10)46-30(4)20-28(2)22-42(46)59-32(6)54/h11-24H,25-26H2,1-10H3,(H,51,55)(H,52,56). The molecule has 0 fully saturated rings. The van der Waals surface area contributed by atoms with E-state index in [0.29, 0.717) is 56.6 Å². The largest absolute Gasteiger partial charge is 0.456 e. The number of aryl methyl sites for hydroxylation is 4. The van der Waals surface area contributed by atoms with Crippen LogP contribution in [-0.4, -0.2) is 29.7 Å². The third-order valence-electron chi connectivity index (χ3n) is 11.2. The summed E-state index contributed by atoms with van der Waals surface area (Å²) in [5.74, 6) is -0.407. The van der Waals surface area contributed by atoms with E-state index in [4.69, 9.17) is 18.9 Å². The van der Waals surface area contributed by atoms with Gasteiger partial charge in [0.2, 0.25) is 11.8 Å². The lowest BCUT2D eigenvalue weighted by atomic mass is 9.77. The number of carbonyl (C=O) groups is 5. The normalized spacial score (nSPS) is 13.6. The van der Waals surface area contributed by atoms with Crippen LogP contribution in [0.5, 0.6) is 23.0 Å². The molecule has 61 heavy (non-hydrogen) atoms. The van der Waals surface area contributed by atoms with Gasteiger partial charge < -0.3 is 29.6 Å². The molecule has 0 unspecified atom stereocenters. The summed E-state index contributed by atoms with van der Waals surface area (Å²) in [5.41, 5.74) is 5.46. The van der Waals surface area contributed by atoms with E-state index in [1.807, 2.05) is 79.7 Å². The van der Waals surface area contributed by atoms with Gasteiger partial charge in [0.15, 0.2) is 5.60 Å². The molecule has 2 aliphatic rings. The van der Waals surface area contributed by atoms with E-state index >= 15 is 0 Å². The van der Waals surface area contributed by atoms with Gasteiger partial charge in [0.1, 0.15) is 23.0 Å². The van der Waals surface area contributed by atoms with Crippen molar-refractivity contribution in [3.05, 3.63) is 141 Å². The van der Waals surface area contributed by atoms with Gasteiger partial charge in [-0.2, -0.15) is 0 Å². The number of esters is 3. The van der Waals surface area contributed by atoms with E-state index in [0.717, 1.165) is 33.4 Å². The Bertz CT molecular complexity index is 2530. The average molecular weight is 823 g/mol. The number of carbonyl (C=O) groups excluding carboxylic acids is 5. The summed E-state index contributed by atoms with van der Waals surface area (Å²) >= 11 is 0. The molecule has 7 rings (SSSR count). The third-order valence-corrected chi connectivity index (χ3v) is 11.2. The maximum atomic E-state index is 13.8. The van der Waals surface area contributed by atoms with Crippen molar-refractivity contribution in [1.82, 2.24) is 0 Å². The van der Waals surface area contributed by atoms with Gasteiger partial charge in [0.25, 0.3) is 0 Å². The summed E-state index contributed by atoms with van der Waals surface area (Å²) < 4.78 is 24.1. The second kappa shape index (κ2) is 15.7. The molecule has 0 aromatic heterocycles. The Morgan fingerprint density at radius 2 is 1.05 bits per heavy atom. The molecule has 0 aliphatic carbocycles. The molecule has 2 N–H and O–H groups in total. The molecule has 11 heteroatoms. The molecule has 5 aromatic rings. The van der Waals surface area contributed by atoms with Gasteiger partial charge in [-0.3, -0.25) is 19.2 Å². The molecule has 1 spiro atoms. The number of amides is 2. The first-order valence-electron chi connectivity index (χ1n) is 20.2. The van der Waals surface area contributed by atoms with Gasteiger partial charge in [0, 0.05) is 88.8 Å². The molecule has 2 amide bonds. The van der Waals surface area contributed by atoms with Crippen LogP contribution in [0, 0.1) is 27.7 Å². The molecule has 0 saturated carbocycles. The smallest absolute Gasteiger partial charge is 0.340 e. The average Bonchev–Trinajstić information content (AvgIpc) is 3.41. The number of hydrogen-bond acceptors (Lipinski definition) is 9. The van der Waals surface area contributed by atoms with Gasteiger partial charge in [-0.25, -0.2) is 4.79 Å². The highest BCUT2D eigenvalue weighted by Gasteiger charge is 2.53. The summed E-state index contributed by atoms with van der Waals surface area (Å²) in [6, 6.07) is 25.2. The van der Waals surface area contributed by atoms with Crippen molar-refractivity contribution in [2.45, 2.75) is 98.5 Å². The lowest BCUT2D eigenvalue weighted by Crippen LogP contribution is -2.33. The molecule has 11 nitrogen and oxygen atoms in total. The van der Waals surface area contributed by atoms with E-state index in [2.05, 4.69) is 10.6 Å². The second-order valence-corrected chi connectivity index (χ2v) is 17.5. The van der Waals surface area contributed by atoms with Crippen molar-refractivity contribution in [3.8, 4) is 23.0 Å². The molecule has 2 aliphatic heterocycles. The summed E-state index contributed by atoms with van der Waals surface area (Å²) in [6.45, 7) is 18.1. The van der Waals surface area contributed by atoms with Crippen LogP contribution in [0.3, 0.4) is 0 Å². The van der Waals surface area contributed by atoms with Crippen LogP contribution >= 0.6 is 0 Å². The van der Waals surface area contributed by atoms with E-state index in [9.17, 15) is 24.0 Å². The first-order valence-corrected chi connectivity index (χ1v) is 20.2. The zero-order valence-corrected chi connectivity index (χ0v) is 36.2. The molecule has 0 saturated heterocycles. The van der Waals surface area contributed by atoms with E-state index in [1.165, 1.54) is 13.8 Å². The number of rotatable bonds is 10. The van der Waals surface area contributed by atoms with Crippen LogP contribution in [-0.2, 0) is 40.3 Å². The zero-order chi connectivity index (χ0) is 44.2. The van der Waals surface area contributed by atoms with E-state index in [-0.39, 0.29) is 24.7 Å². The molecular weight excluding hydrogens is 773 g/mol. The summed E-state index contributed by atoms with van der Waals surface area (Å²) in [7, 11) is 0. The van der Waals surface area contributed by atoms with E-state index in [1.54, 1.807) is 60.7 Å². The lowest BCUT2D eigenvalue weighted by Gasteiger charge is -2.37. The fraction of sp³-hybridized carbons (Fsp3) is 0.300. The predicted octanol–water partition coefficient (Wildman–Crippen LogP) is 9.95. The number of nitrogens with one attached hydrogen (secondary N) is 2. The topological polar surface area (TPSA) is 146 Å². The van der Waals surface area contributed by atoms with Gasteiger partial charge >= 0.3 is 17.9 Å². The van der Waals surface area contributed by atoms with Crippen LogP contribution in [0.4, 0.5) is 11.4 Å². The van der Waals surface area contributed by atoms with E-state index < -0.39 is 34.3 Å². The quantitative estimate of drug-likeness (QED) is 0.104. The monoisotopic (exact) mass is 822 g/mol. The first-order chi connectivity index (χ1) is 28.7. The van der Waals surface area contributed by atoms with Gasteiger partial charge in [-0.1, -0.05) is 58.0 Å². The molecular formula is C50H50N2O9. The van der Waals surface area contributed by atoms with Crippen molar-refractivity contribution in [3.63, 3.8) is 0 Å². The number of benzene rings is 5. The summed E-state index contributed by atoms with van der Waals surface area (Å²) in [5, 5.41) is 6.03. The van der Waals surface area contributed by atoms with Crippen LogP contribution in [0.15, 0.2) is 84.9 Å². The van der Waals surface area contributed by atoms with Gasteiger partial charge in [0.05, 0.1) is 5.56 Å². The minimum atomic E-state index is -1.38. The minimum Gasteiger partial charge on any atom is -0.456 e. The predicted molar refractivity (Wildman–Crippen MR) is 232 cm³/mol. The van der Waals surface area contributed by atoms with Crippen molar-refractivity contribution in [2.24, 2.45) is 0 Å². The van der Waals surface area contributed by atoms with Crippen molar-refractivity contribution in [1.29, 1.82) is 0 Å². The minimum absolute atomic E-state index is 0.0648. The highest BCUT2D eigenvalue weighted by Crippen LogP contribution is 2.57. The summed E-state index contributed by atoms with van der Waals surface area (Å²) in [6.07, 6.45) is 0.130. The van der Waals surface area contributed by atoms with Crippen LogP contribution in [0.2, 0.25) is 0 Å². The Balaban J connectivity index is 1.19.